The molecule has 0 saturated carbocycles. The minimum Gasteiger partial charge on any atom is -0.460 e. The molecule has 184 valence electrons. The van der Waals surface area contributed by atoms with Gasteiger partial charge in [0, 0.05) is 31.1 Å². The maximum absolute atomic E-state index is 12.9. The largest absolute Gasteiger partial charge is 0.460 e. The van der Waals surface area contributed by atoms with Crippen molar-refractivity contribution in [1.29, 1.82) is 0 Å². The van der Waals surface area contributed by atoms with E-state index in [0.717, 1.165) is 12.0 Å². The number of carbonyl (C=O) groups is 3. The highest BCUT2D eigenvalue weighted by Gasteiger charge is 2.36. The molecule has 8 heteroatoms. The zero-order valence-corrected chi connectivity index (χ0v) is 20.2. The third-order valence-electron chi connectivity index (χ3n) is 5.52. The molecule has 2 aromatic rings. The van der Waals surface area contributed by atoms with E-state index in [2.05, 4.69) is 10.6 Å². The van der Waals surface area contributed by atoms with Crippen LogP contribution in [-0.4, -0.2) is 49.7 Å². The Morgan fingerprint density at radius 2 is 1.80 bits per heavy atom. The normalized spacial score (nSPS) is 15.8. The minimum absolute atomic E-state index is 0.113. The van der Waals surface area contributed by atoms with Gasteiger partial charge in [-0.2, -0.15) is 0 Å². The molecular weight excluding hydrogens is 446 g/mol. The third kappa shape index (κ3) is 6.80. The van der Waals surface area contributed by atoms with Crippen LogP contribution in [0.4, 0.5) is 10.5 Å². The Kier molecular flexibility index (Phi) is 9.20. The van der Waals surface area contributed by atoms with Crippen molar-refractivity contribution in [2.75, 3.05) is 32.2 Å². The highest BCUT2D eigenvalue weighted by molar-refractivity contribution is 6.02. The second kappa shape index (κ2) is 12.5. The summed E-state index contributed by atoms with van der Waals surface area (Å²) in [5.41, 5.74) is 3.15. The summed E-state index contributed by atoms with van der Waals surface area (Å²) in [7, 11) is 1.53. The van der Waals surface area contributed by atoms with E-state index < -0.39 is 12.0 Å². The van der Waals surface area contributed by atoms with E-state index in [1.165, 1.54) is 13.2 Å². The van der Waals surface area contributed by atoms with Crippen LogP contribution >= 0.6 is 0 Å². The van der Waals surface area contributed by atoms with Crippen LogP contribution in [0.25, 0.3) is 6.08 Å². The van der Waals surface area contributed by atoms with Crippen molar-refractivity contribution in [3.63, 3.8) is 0 Å². The molecule has 3 amide bonds. The summed E-state index contributed by atoms with van der Waals surface area (Å²) < 4.78 is 10.4. The average molecular weight is 478 g/mol. The van der Waals surface area contributed by atoms with Crippen LogP contribution < -0.4 is 10.6 Å². The Hall–Kier alpha value is -3.91. The fourth-order valence-electron chi connectivity index (χ4n) is 3.76. The summed E-state index contributed by atoms with van der Waals surface area (Å²) in [5.74, 6) is -0.769. The lowest BCUT2D eigenvalue weighted by Gasteiger charge is -2.35. The molecule has 0 aromatic heterocycles. The zero-order valence-electron chi connectivity index (χ0n) is 20.2. The van der Waals surface area contributed by atoms with Crippen molar-refractivity contribution in [3.8, 4) is 0 Å². The molecule has 1 heterocycles. The molecule has 3 rings (SSSR count). The van der Waals surface area contributed by atoms with Crippen LogP contribution in [0.15, 0.2) is 71.9 Å². The van der Waals surface area contributed by atoms with Crippen LogP contribution in [0.5, 0.6) is 0 Å². The number of amides is 3. The first-order valence-corrected chi connectivity index (χ1v) is 11.5. The number of nitrogens with zero attached hydrogens (tertiary/aromatic N) is 1. The number of carbonyl (C=O) groups excluding carboxylic acids is 3. The summed E-state index contributed by atoms with van der Waals surface area (Å²) in [6.07, 6.45) is 3.94. The number of anilines is 1. The van der Waals surface area contributed by atoms with Gasteiger partial charge in [-0.1, -0.05) is 49.4 Å². The van der Waals surface area contributed by atoms with Crippen LogP contribution in [0.2, 0.25) is 0 Å². The van der Waals surface area contributed by atoms with Crippen LogP contribution in [0, 0.1) is 0 Å². The lowest BCUT2D eigenvalue weighted by molar-refractivity contribution is -0.141. The maximum atomic E-state index is 12.9. The van der Waals surface area contributed by atoms with Gasteiger partial charge in [0.1, 0.15) is 6.61 Å². The molecule has 0 radical (unpaired) electrons. The van der Waals surface area contributed by atoms with Gasteiger partial charge in [-0.15, -0.1) is 0 Å². The van der Waals surface area contributed by atoms with E-state index in [4.69, 9.17) is 9.47 Å². The number of esters is 1. The predicted octanol–water partition coefficient (Wildman–Crippen LogP) is 4.28. The second-order valence-corrected chi connectivity index (χ2v) is 8.02. The molecule has 1 aliphatic heterocycles. The molecule has 0 saturated heterocycles. The summed E-state index contributed by atoms with van der Waals surface area (Å²) in [6.45, 7) is 4.59. The second-order valence-electron chi connectivity index (χ2n) is 8.02. The SMILES string of the molecule is CCCN1C(=O)NC(c2ccc(NC(=O)/C=C/c3ccccc3)cc2)C(C(=O)OCCOC)=C1C. The van der Waals surface area contributed by atoms with Crippen molar-refractivity contribution in [2.24, 2.45) is 0 Å². The van der Waals surface area contributed by atoms with E-state index in [-0.39, 0.29) is 25.2 Å². The van der Waals surface area contributed by atoms with Gasteiger partial charge < -0.3 is 20.1 Å². The monoisotopic (exact) mass is 477 g/mol. The van der Waals surface area contributed by atoms with Gasteiger partial charge in [-0.3, -0.25) is 9.69 Å². The Bertz CT molecular complexity index is 1090. The number of hydrogen-bond acceptors (Lipinski definition) is 5. The topological polar surface area (TPSA) is 97.0 Å². The van der Waals surface area contributed by atoms with Gasteiger partial charge in [0.15, 0.2) is 0 Å². The van der Waals surface area contributed by atoms with Gasteiger partial charge in [-0.05, 0) is 42.7 Å². The Balaban J connectivity index is 1.78. The Morgan fingerprint density at radius 1 is 1.09 bits per heavy atom. The van der Waals surface area contributed by atoms with Crippen molar-refractivity contribution in [1.82, 2.24) is 10.2 Å². The molecule has 1 unspecified atom stereocenters. The van der Waals surface area contributed by atoms with Crippen LogP contribution in [-0.2, 0) is 19.1 Å². The van der Waals surface area contributed by atoms with Gasteiger partial charge in [-0.25, -0.2) is 9.59 Å². The Morgan fingerprint density at radius 3 is 2.46 bits per heavy atom. The number of allylic oxidation sites excluding steroid dienone is 1. The summed E-state index contributed by atoms with van der Waals surface area (Å²) >= 11 is 0. The lowest BCUT2D eigenvalue weighted by Crippen LogP contribution is -2.48. The molecule has 1 aliphatic rings. The van der Waals surface area contributed by atoms with Gasteiger partial charge in [0.05, 0.1) is 18.2 Å². The first-order valence-electron chi connectivity index (χ1n) is 11.5. The average Bonchev–Trinajstić information content (AvgIpc) is 2.86. The number of hydrogen-bond donors (Lipinski definition) is 2. The molecule has 35 heavy (non-hydrogen) atoms. The summed E-state index contributed by atoms with van der Waals surface area (Å²) in [4.78, 5) is 39.5. The van der Waals surface area contributed by atoms with Gasteiger partial charge in [0.2, 0.25) is 5.91 Å². The van der Waals surface area contributed by atoms with Gasteiger partial charge in [0.25, 0.3) is 0 Å². The van der Waals surface area contributed by atoms with Gasteiger partial charge >= 0.3 is 12.0 Å². The first kappa shape index (κ1) is 25.7. The maximum Gasteiger partial charge on any atom is 0.338 e. The van der Waals surface area contributed by atoms with Crippen molar-refractivity contribution in [3.05, 3.63) is 83.1 Å². The molecule has 2 N–H and O–H groups in total. The standard InChI is InChI=1S/C27H31N3O5/c1-4-16-30-19(2)24(26(32)35-18-17-34-3)25(29-27(30)33)21-11-13-22(14-12-21)28-23(31)15-10-20-8-6-5-7-9-20/h5-15,25H,4,16-18H2,1-3H3,(H,28,31)(H,29,33)/b15-10+. The Labute approximate surface area is 205 Å². The number of urea groups is 1. The summed E-state index contributed by atoms with van der Waals surface area (Å²) in [5, 5.41) is 5.73. The molecule has 1 atom stereocenters. The van der Waals surface area contributed by atoms with E-state index in [9.17, 15) is 14.4 Å². The fraction of sp³-hybridized carbons (Fsp3) is 0.296. The number of benzene rings is 2. The lowest BCUT2D eigenvalue weighted by atomic mass is 9.94. The zero-order chi connectivity index (χ0) is 25.2. The van der Waals surface area contributed by atoms with Crippen LogP contribution in [0.3, 0.4) is 0 Å². The first-order chi connectivity index (χ1) is 16.9. The van der Waals surface area contributed by atoms with E-state index >= 15 is 0 Å². The van der Waals surface area contributed by atoms with Crippen molar-refractivity contribution >= 4 is 29.7 Å². The molecule has 0 bridgehead atoms. The van der Waals surface area contributed by atoms with E-state index in [0.29, 0.717) is 29.1 Å². The molecular formula is C27H31N3O5. The highest BCUT2D eigenvalue weighted by atomic mass is 16.6. The van der Waals surface area contributed by atoms with E-state index in [1.54, 1.807) is 42.2 Å². The van der Waals surface area contributed by atoms with Crippen molar-refractivity contribution in [2.45, 2.75) is 26.3 Å². The molecule has 0 fully saturated rings. The molecule has 0 spiro atoms. The van der Waals surface area contributed by atoms with Crippen LogP contribution in [0.1, 0.15) is 37.4 Å². The van der Waals surface area contributed by atoms with Crippen molar-refractivity contribution < 1.29 is 23.9 Å². The molecule has 2 aromatic carbocycles. The minimum atomic E-state index is -0.673. The third-order valence-corrected chi connectivity index (χ3v) is 5.52. The molecule has 0 aliphatic carbocycles. The highest BCUT2D eigenvalue weighted by Crippen LogP contribution is 2.32. The summed E-state index contributed by atoms with van der Waals surface area (Å²) in [6, 6.07) is 15.6. The number of ether oxygens (including phenoxy) is 2. The number of methoxy groups -OCH3 is 1. The number of nitrogens with one attached hydrogen (secondary N) is 2. The quantitative estimate of drug-likeness (QED) is 0.303. The number of rotatable bonds is 10. The molecule has 8 nitrogen and oxygen atoms in total. The van der Waals surface area contributed by atoms with E-state index in [1.807, 2.05) is 37.3 Å². The predicted molar refractivity (Wildman–Crippen MR) is 134 cm³/mol. The fourth-order valence-corrected chi connectivity index (χ4v) is 3.76. The smallest absolute Gasteiger partial charge is 0.338 e.